The van der Waals surface area contributed by atoms with Crippen LogP contribution in [0.5, 0.6) is 5.75 Å². The van der Waals surface area contributed by atoms with Crippen molar-refractivity contribution < 1.29 is 43.8 Å². The summed E-state index contributed by atoms with van der Waals surface area (Å²) in [5.41, 5.74) is -0.0552. The lowest BCUT2D eigenvalue weighted by atomic mass is 10.1. The van der Waals surface area contributed by atoms with Gasteiger partial charge in [-0.1, -0.05) is 29.3 Å². The summed E-state index contributed by atoms with van der Waals surface area (Å²) in [7, 11) is -9.68. The minimum Gasteiger partial charge on any atom is -0.497 e. The molecule has 1 aromatic heterocycles. The Morgan fingerprint density at radius 1 is 0.936 bits per heavy atom. The Balaban J connectivity index is 0.00000500. The summed E-state index contributed by atoms with van der Waals surface area (Å²) in [6.45, 7) is 5.08. The number of amides is 4. The molecule has 1 aliphatic rings. The number of methoxy groups -OCH3 is 1. The SMILES string of the molecule is CC[n+]1cccc(N(C(C)=O)N2C(=O)[N+](S(=O)(=O)c3ccc(C)cc3)(S(=O)(=O)c3ccc(OC)cc3)C(=O)c3ccc(Cl)cc32)c1.I. The monoisotopic (exact) mass is 812 g/mol. The molecule has 1 atom stereocenters. The van der Waals surface area contributed by atoms with Gasteiger partial charge in [0.1, 0.15) is 33.3 Å². The zero-order valence-electron chi connectivity index (χ0n) is 25.5. The van der Waals surface area contributed by atoms with Gasteiger partial charge in [0.15, 0.2) is 12.4 Å². The third-order valence-corrected chi connectivity index (χ3v) is 12.6. The summed E-state index contributed by atoms with van der Waals surface area (Å²) < 4.78 is 63.3. The van der Waals surface area contributed by atoms with Gasteiger partial charge in [-0.05, 0) is 74.5 Å². The predicted octanol–water partition coefficient (Wildman–Crippen LogP) is 5.23. The zero-order chi connectivity index (χ0) is 33.6. The lowest BCUT2D eigenvalue weighted by Gasteiger charge is -2.41. The van der Waals surface area contributed by atoms with Crippen molar-refractivity contribution in [1.82, 2.24) is 0 Å². The Hall–Kier alpha value is -3.90. The molecule has 4 amide bonds. The number of aromatic nitrogens is 1. The molecule has 4 aromatic rings. The summed E-state index contributed by atoms with van der Waals surface area (Å²) in [4.78, 5) is 41.9. The first-order chi connectivity index (χ1) is 21.7. The van der Waals surface area contributed by atoms with Gasteiger partial charge >= 0.3 is 32.0 Å². The van der Waals surface area contributed by atoms with Crippen LogP contribution >= 0.6 is 35.6 Å². The minimum atomic E-state index is -5.53. The van der Waals surface area contributed by atoms with Gasteiger partial charge in [0.25, 0.3) is 0 Å². The molecule has 0 fully saturated rings. The van der Waals surface area contributed by atoms with Gasteiger partial charge < -0.3 is 4.74 Å². The molecule has 0 radical (unpaired) electrons. The molecular formula is C31H30ClIN4O8S2+2. The average Bonchev–Trinajstić information content (AvgIpc) is 3.03. The van der Waals surface area contributed by atoms with Crippen molar-refractivity contribution in [2.24, 2.45) is 0 Å². The number of carbonyl (C=O) groups is 3. The van der Waals surface area contributed by atoms with E-state index in [4.69, 9.17) is 16.3 Å². The molecule has 0 saturated carbocycles. The topological polar surface area (TPSA) is 139 Å². The van der Waals surface area contributed by atoms with E-state index in [0.29, 0.717) is 17.1 Å². The Labute approximate surface area is 294 Å². The molecule has 0 N–H and O–H groups in total. The summed E-state index contributed by atoms with van der Waals surface area (Å²) in [6, 6.07) is 14.5. The first kappa shape index (κ1) is 35.9. The maximum absolute atomic E-state index is 15.1. The van der Waals surface area contributed by atoms with Crippen LogP contribution in [0, 0.1) is 6.92 Å². The number of sulfonamides is 2. The number of nitrogens with zero attached hydrogens (tertiary/aromatic N) is 4. The van der Waals surface area contributed by atoms with E-state index in [1.54, 1.807) is 23.8 Å². The molecule has 1 unspecified atom stereocenters. The fourth-order valence-electron chi connectivity index (χ4n) is 5.10. The first-order valence-corrected chi connectivity index (χ1v) is 17.1. The molecule has 0 spiro atoms. The van der Waals surface area contributed by atoms with Crippen molar-refractivity contribution in [2.75, 3.05) is 17.1 Å². The molecule has 0 bridgehead atoms. The Kier molecular flexibility index (Phi) is 10.2. The predicted molar refractivity (Wildman–Crippen MR) is 183 cm³/mol. The number of anilines is 2. The number of benzene rings is 3. The van der Waals surface area contributed by atoms with Gasteiger partial charge in [-0.3, -0.25) is 4.79 Å². The summed E-state index contributed by atoms with van der Waals surface area (Å²) in [6.07, 6.45) is 3.21. The molecule has 3 aromatic carbocycles. The number of hydrogen-bond donors (Lipinski definition) is 0. The third-order valence-electron chi connectivity index (χ3n) is 7.42. The number of hydrogen-bond acceptors (Lipinski definition) is 8. The first-order valence-electron chi connectivity index (χ1n) is 13.8. The maximum atomic E-state index is 15.1. The van der Waals surface area contributed by atoms with Gasteiger partial charge in [0.2, 0.25) is 5.91 Å². The van der Waals surface area contributed by atoms with Crippen LogP contribution in [-0.4, -0.2) is 45.1 Å². The van der Waals surface area contributed by atoms with E-state index in [0.717, 1.165) is 42.3 Å². The molecule has 12 nitrogen and oxygen atoms in total. The largest absolute Gasteiger partial charge is 0.497 e. The van der Waals surface area contributed by atoms with Crippen molar-refractivity contribution >= 4 is 84.8 Å². The molecule has 1 aliphatic heterocycles. The highest BCUT2D eigenvalue weighted by atomic mass is 127. The van der Waals surface area contributed by atoms with E-state index < -0.39 is 56.5 Å². The number of quaternary nitrogens is 1. The Morgan fingerprint density at radius 2 is 1.51 bits per heavy atom. The van der Waals surface area contributed by atoms with Gasteiger partial charge in [-0.25, -0.2) is 19.2 Å². The second kappa shape index (κ2) is 13.3. The van der Waals surface area contributed by atoms with Crippen LogP contribution in [0.25, 0.3) is 0 Å². The Morgan fingerprint density at radius 3 is 2.04 bits per heavy atom. The number of ether oxygens (including phenoxy) is 1. The fourth-order valence-corrected chi connectivity index (χ4v) is 9.57. The number of aryl methyl sites for hydroxylation is 2. The molecule has 246 valence electrons. The molecule has 16 heteroatoms. The summed E-state index contributed by atoms with van der Waals surface area (Å²) in [5.74, 6) is -2.14. The van der Waals surface area contributed by atoms with Crippen molar-refractivity contribution in [1.29, 1.82) is 0 Å². The summed E-state index contributed by atoms with van der Waals surface area (Å²) >= 11 is 6.29. The van der Waals surface area contributed by atoms with Crippen LogP contribution in [0.2, 0.25) is 5.02 Å². The van der Waals surface area contributed by atoms with Crippen LogP contribution in [-0.2, 0) is 31.4 Å². The van der Waals surface area contributed by atoms with Crippen molar-refractivity contribution in [2.45, 2.75) is 37.1 Å². The molecule has 2 heterocycles. The van der Waals surface area contributed by atoms with Crippen LogP contribution in [0.15, 0.2) is 101 Å². The lowest BCUT2D eigenvalue weighted by Crippen LogP contribution is -2.72. The highest BCUT2D eigenvalue weighted by Gasteiger charge is 2.73. The zero-order valence-corrected chi connectivity index (χ0v) is 30.2. The second-order valence-corrected chi connectivity index (χ2v) is 14.9. The molecule has 0 saturated heterocycles. The van der Waals surface area contributed by atoms with Crippen LogP contribution in [0.3, 0.4) is 0 Å². The van der Waals surface area contributed by atoms with Crippen molar-refractivity contribution in [3.8, 4) is 5.75 Å². The standard InChI is InChI=1S/C31H29ClN4O8S2.HI/c1-5-33-18-6-7-24(20-33)34(22(3)37)35-29-19-23(32)10-17-28(29)30(38)36(31(35)39,45(40,41)26-13-8-21(2)9-14-26)46(42,43)27-15-11-25(44-4)12-16-27;/h6-20H,5H2,1-4H3;1H/q+2;. The van der Waals surface area contributed by atoms with E-state index in [2.05, 4.69) is 0 Å². The highest BCUT2D eigenvalue weighted by Crippen LogP contribution is 2.45. The van der Waals surface area contributed by atoms with Gasteiger partial charge in [0.05, 0.1) is 12.8 Å². The quantitative estimate of drug-likeness (QED) is 0.134. The van der Waals surface area contributed by atoms with Crippen molar-refractivity contribution in [3.05, 3.63) is 107 Å². The number of fused-ring (bicyclic) bond motifs is 1. The fraction of sp³-hybridized carbons (Fsp3) is 0.161. The lowest BCUT2D eigenvalue weighted by molar-refractivity contribution is -0.693. The maximum Gasteiger partial charge on any atom is 0.482 e. The van der Waals surface area contributed by atoms with E-state index in [9.17, 15) is 26.4 Å². The van der Waals surface area contributed by atoms with Crippen LogP contribution < -0.4 is 19.3 Å². The van der Waals surface area contributed by atoms with Crippen molar-refractivity contribution in [3.63, 3.8) is 0 Å². The third kappa shape index (κ3) is 5.69. The molecular weight excluding hydrogens is 783 g/mol. The minimum absolute atomic E-state index is 0. The number of hydrazine groups is 1. The molecule has 47 heavy (non-hydrogen) atoms. The van der Waals surface area contributed by atoms with E-state index in [1.165, 1.54) is 55.8 Å². The van der Waals surface area contributed by atoms with E-state index in [1.807, 2.05) is 6.92 Å². The van der Waals surface area contributed by atoms with Gasteiger partial charge in [0, 0.05) is 21.3 Å². The van der Waals surface area contributed by atoms with E-state index >= 15 is 4.79 Å². The molecule has 0 aliphatic carbocycles. The van der Waals surface area contributed by atoms with E-state index in [-0.39, 0.29) is 46.1 Å². The number of urea groups is 1. The number of pyridine rings is 1. The smallest absolute Gasteiger partial charge is 0.482 e. The average molecular weight is 813 g/mol. The van der Waals surface area contributed by atoms with Gasteiger partial charge in [-0.2, -0.15) is 21.8 Å². The Bertz CT molecular complexity index is 2110. The second-order valence-electron chi connectivity index (χ2n) is 10.3. The normalized spacial score (nSPS) is 16.2. The van der Waals surface area contributed by atoms with Crippen LogP contribution in [0.1, 0.15) is 29.8 Å². The van der Waals surface area contributed by atoms with Gasteiger partial charge in [-0.15, -0.1) is 24.0 Å². The summed E-state index contributed by atoms with van der Waals surface area (Å²) in [5, 5.41) is 1.44. The molecule has 5 rings (SSSR count). The number of rotatable bonds is 8. The van der Waals surface area contributed by atoms with Crippen LogP contribution in [0.4, 0.5) is 16.2 Å². The number of carbonyl (C=O) groups excluding carboxylic acids is 3. The number of halogens is 2. The number of imide groups is 1. The highest BCUT2D eigenvalue weighted by molar-refractivity contribution is 14.0.